The molecule has 0 saturated carbocycles. The summed E-state index contributed by atoms with van der Waals surface area (Å²) in [6.07, 6.45) is 2.02. The predicted octanol–water partition coefficient (Wildman–Crippen LogP) is 2.25. The molecule has 7 heteroatoms. The molecular formula is C21H31N3O4. The molecule has 3 amide bonds. The number of carbonyl (C=O) groups is 3. The molecular weight excluding hydrogens is 358 g/mol. The number of hydrogen-bond acceptors (Lipinski definition) is 4. The van der Waals surface area contributed by atoms with Crippen LogP contribution >= 0.6 is 0 Å². The molecule has 0 bridgehead atoms. The highest BCUT2D eigenvalue weighted by atomic mass is 16.6. The van der Waals surface area contributed by atoms with Crippen molar-refractivity contribution in [2.45, 2.75) is 58.1 Å². The summed E-state index contributed by atoms with van der Waals surface area (Å²) in [6.45, 7) is 6.37. The average molecular weight is 389 g/mol. The first-order chi connectivity index (χ1) is 13.2. The molecule has 1 saturated heterocycles. The van der Waals surface area contributed by atoms with Gasteiger partial charge in [-0.2, -0.15) is 0 Å². The van der Waals surface area contributed by atoms with E-state index in [2.05, 4.69) is 10.6 Å². The number of likely N-dealkylation sites (tertiary alicyclic amines) is 1. The van der Waals surface area contributed by atoms with Gasteiger partial charge in [0, 0.05) is 25.6 Å². The molecule has 1 aliphatic heterocycles. The minimum absolute atomic E-state index is 0.0419. The minimum atomic E-state index is -0.596. The summed E-state index contributed by atoms with van der Waals surface area (Å²) < 4.78 is 5.12. The normalized spacial score (nSPS) is 15.0. The van der Waals surface area contributed by atoms with Gasteiger partial charge in [0.1, 0.15) is 12.1 Å². The third-order valence-corrected chi connectivity index (χ3v) is 4.48. The monoisotopic (exact) mass is 389 g/mol. The first-order valence-corrected chi connectivity index (χ1v) is 9.81. The van der Waals surface area contributed by atoms with E-state index in [4.69, 9.17) is 4.74 Å². The molecule has 0 aromatic heterocycles. The van der Waals surface area contributed by atoms with Crippen LogP contribution in [0, 0.1) is 0 Å². The molecule has 154 valence electrons. The Morgan fingerprint density at radius 3 is 2.36 bits per heavy atom. The lowest BCUT2D eigenvalue weighted by molar-refractivity contribution is -0.131. The molecule has 7 nitrogen and oxygen atoms in total. The van der Waals surface area contributed by atoms with Crippen LogP contribution in [0.5, 0.6) is 0 Å². The Labute approximate surface area is 166 Å². The standard InChI is InChI=1S/C21H31N3O4/c1-21(2,3)28-20(27)22-15-19(26)24-13-11-17(12-14-24)23-18(25)10-9-16-7-5-4-6-8-16/h4-8,17H,9-15H2,1-3H3,(H,22,27)(H,23,25). The summed E-state index contributed by atoms with van der Waals surface area (Å²) in [6, 6.07) is 10.0. The Kier molecular flexibility index (Phi) is 7.84. The second-order valence-electron chi connectivity index (χ2n) is 8.06. The maximum Gasteiger partial charge on any atom is 0.408 e. The molecule has 1 aromatic rings. The first kappa shape index (κ1) is 21.7. The topological polar surface area (TPSA) is 87.7 Å². The zero-order valence-electron chi connectivity index (χ0n) is 17.0. The van der Waals surface area contributed by atoms with Crippen LogP contribution in [0.3, 0.4) is 0 Å². The van der Waals surface area contributed by atoms with Gasteiger partial charge >= 0.3 is 6.09 Å². The van der Waals surface area contributed by atoms with Crippen molar-refractivity contribution in [3.05, 3.63) is 35.9 Å². The fourth-order valence-corrected chi connectivity index (χ4v) is 3.05. The Bertz CT molecular complexity index is 662. The molecule has 2 rings (SSSR count). The summed E-state index contributed by atoms with van der Waals surface area (Å²) in [5, 5.41) is 5.55. The summed E-state index contributed by atoms with van der Waals surface area (Å²) >= 11 is 0. The fourth-order valence-electron chi connectivity index (χ4n) is 3.05. The van der Waals surface area contributed by atoms with Crippen LogP contribution in [-0.2, 0) is 20.7 Å². The fraction of sp³-hybridized carbons (Fsp3) is 0.571. The van der Waals surface area contributed by atoms with Crippen molar-refractivity contribution in [3.8, 4) is 0 Å². The molecule has 1 aliphatic rings. The quantitative estimate of drug-likeness (QED) is 0.781. The number of nitrogens with zero attached hydrogens (tertiary/aromatic N) is 1. The predicted molar refractivity (Wildman–Crippen MR) is 107 cm³/mol. The minimum Gasteiger partial charge on any atom is -0.444 e. The van der Waals surface area contributed by atoms with Gasteiger partial charge in [0.2, 0.25) is 11.8 Å². The van der Waals surface area contributed by atoms with E-state index >= 15 is 0 Å². The van der Waals surface area contributed by atoms with Crippen LogP contribution in [0.15, 0.2) is 30.3 Å². The van der Waals surface area contributed by atoms with Crippen molar-refractivity contribution in [3.63, 3.8) is 0 Å². The number of alkyl carbamates (subject to hydrolysis) is 1. The van der Waals surface area contributed by atoms with Crippen LogP contribution < -0.4 is 10.6 Å². The van der Waals surface area contributed by atoms with Crippen LogP contribution in [0.1, 0.15) is 45.6 Å². The second kappa shape index (κ2) is 10.1. The van der Waals surface area contributed by atoms with Crippen LogP contribution in [-0.4, -0.2) is 54.1 Å². The summed E-state index contributed by atoms with van der Waals surface area (Å²) in [5.41, 5.74) is 0.556. The maximum atomic E-state index is 12.2. The summed E-state index contributed by atoms with van der Waals surface area (Å²) in [4.78, 5) is 37.7. The lowest BCUT2D eigenvalue weighted by atomic mass is 10.0. The molecule has 2 N–H and O–H groups in total. The van der Waals surface area contributed by atoms with E-state index in [1.54, 1.807) is 25.7 Å². The molecule has 0 unspecified atom stereocenters. The number of carbonyl (C=O) groups excluding carboxylic acids is 3. The molecule has 1 aromatic carbocycles. The molecule has 0 spiro atoms. The van der Waals surface area contributed by atoms with Crippen molar-refractivity contribution < 1.29 is 19.1 Å². The first-order valence-electron chi connectivity index (χ1n) is 9.81. The zero-order chi connectivity index (χ0) is 20.6. The Morgan fingerprint density at radius 1 is 1.11 bits per heavy atom. The van der Waals surface area contributed by atoms with Crippen LogP contribution in [0.25, 0.3) is 0 Å². The van der Waals surface area contributed by atoms with Gasteiger partial charge in [-0.1, -0.05) is 30.3 Å². The van der Waals surface area contributed by atoms with Gasteiger partial charge in [0.05, 0.1) is 0 Å². The van der Waals surface area contributed by atoms with Crippen molar-refractivity contribution in [1.29, 1.82) is 0 Å². The van der Waals surface area contributed by atoms with Gasteiger partial charge in [0.15, 0.2) is 0 Å². The molecule has 1 heterocycles. The number of rotatable bonds is 6. The SMILES string of the molecule is CC(C)(C)OC(=O)NCC(=O)N1CCC(NC(=O)CCc2ccccc2)CC1. The van der Waals surface area contributed by atoms with Crippen LogP contribution in [0.4, 0.5) is 4.79 Å². The molecule has 28 heavy (non-hydrogen) atoms. The number of aryl methyl sites for hydroxylation is 1. The smallest absolute Gasteiger partial charge is 0.408 e. The number of amides is 3. The molecule has 1 fully saturated rings. The Balaban J connectivity index is 1.64. The molecule has 0 atom stereocenters. The van der Waals surface area contributed by atoms with Crippen molar-refractivity contribution in [1.82, 2.24) is 15.5 Å². The highest BCUT2D eigenvalue weighted by Gasteiger charge is 2.24. The van der Waals surface area contributed by atoms with Crippen LogP contribution in [0.2, 0.25) is 0 Å². The lowest BCUT2D eigenvalue weighted by Gasteiger charge is -2.32. The van der Waals surface area contributed by atoms with E-state index in [9.17, 15) is 14.4 Å². The van der Waals surface area contributed by atoms with E-state index < -0.39 is 11.7 Å². The number of piperidine rings is 1. The molecule has 0 aliphatic carbocycles. The van der Waals surface area contributed by atoms with Gasteiger partial charge in [-0.15, -0.1) is 0 Å². The number of ether oxygens (including phenoxy) is 1. The van der Waals surface area contributed by atoms with E-state index in [0.717, 1.165) is 24.8 Å². The van der Waals surface area contributed by atoms with E-state index in [0.29, 0.717) is 19.5 Å². The Hall–Kier alpha value is -2.57. The highest BCUT2D eigenvalue weighted by Crippen LogP contribution is 2.11. The number of hydrogen-bond donors (Lipinski definition) is 2. The summed E-state index contributed by atoms with van der Waals surface area (Å²) in [7, 11) is 0. The van der Waals surface area contributed by atoms with Gasteiger partial charge in [-0.05, 0) is 45.6 Å². The highest BCUT2D eigenvalue weighted by molar-refractivity contribution is 5.82. The zero-order valence-corrected chi connectivity index (χ0v) is 17.0. The maximum absolute atomic E-state index is 12.2. The van der Waals surface area contributed by atoms with E-state index in [-0.39, 0.29) is 24.4 Å². The van der Waals surface area contributed by atoms with Gasteiger partial charge in [0.25, 0.3) is 0 Å². The summed E-state index contributed by atoms with van der Waals surface area (Å²) in [5.74, 6) is -0.0973. The number of nitrogens with one attached hydrogen (secondary N) is 2. The van der Waals surface area contributed by atoms with Crippen molar-refractivity contribution in [2.24, 2.45) is 0 Å². The van der Waals surface area contributed by atoms with Crippen molar-refractivity contribution in [2.75, 3.05) is 19.6 Å². The van der Waals surface area contributed by atoms with E-state index in [1.165, 1.54) is 0 Å². The molecule has 0 radical (unpaired) electrons. The second-order valence-corrected chi connectivity index (χ2v) is 8.06. The third-order valence-electron chi connectivity index (χ3n) is 4.48. The average Bonchev–Trinajstić information content (AvgIpc) is 2.64. The lowest BCUT2D eigenvalue weighted by Crippen LogP contribution is -2.49. The van der Waals surface area contributed by atoms with Crippen molar-refractivity contribution >= 4 is 17.9 Å². The number of benzene rings is 1. The largest absolute Gasteiger partial charge is 0.444 e. The van der Waals surface area contributed by atoms with Gasteiger partial charge in [-0.3, -0.25) is 9.59 Å². The van der Waals surface area contributed by atoms with Gasteiger partial charge in [-0.25, -0.2) is 4.79 Å². The Morgan fingerprint density at radius 2 is 1.75 bits per heavy atom. The van der Waals surface area contributed by atoms with E-state index in [1.807, 2.05) is 30.3 Å². The van der Waals surface area contributed by atoms with Gasteiger partial charge < -0.3 is 20.3 Å². The third kappa shape index (κ3) is 7.98.